The molecule has 0 spiro atoms. The molecule has 0 saturated carbocycles. The van der Waals surface area contributed by atoms with Crippen LogP contribution >= 0.6 is 0 Å². The van der Waals surface area contributed by atoms with Gasteiger partial charge < -0.3 is 9.64 Å². The maximum atomic E-state index is 14.6. The Hall–Kier alpha value is -1.55. The van der Waals surface area contributed by atoms with Crippen LogP contribution in [-0.2, 0) is 14.8 Å². The van der Waals surface area contributed by atoms with Gasteiger partial charge in [-0.3, -0.25) is 9.69 Å². The first kappa shape index (κ1) is 24.1. The van der Waals surface area contributed by atoms with Gasteiger partial charge in [0.2, 0.25) is 10.0 Å². The molecular formula is C22H34FN3O4S. The lowest BCUT2D eigenvalue weighted by Crippen LogP contribution is -2.51. The van der Waals surface area contributed by atoms with E-state index < -0.39 is 21.7 Å². The summed E-state index contributed by atoms with van der Waals surface area (Å²) in [5.41, 5.74) is -0.177. The summed E-state index contributed by atoms with van der Waals surface area (Å²) < 4.78 is 47.4. The Bertz CT molecular complexity index is 881. The van der Waals surface area contributed by atoms with Gasteiger partial charge in [-0.2, -0.15) is 4.31 Å². The van der Waals surface area contributed by atoms with Crippen LogP contribution in [0.5, 0.6) is 0 Å². The molecule has 0 radical (unpaired) electrons. The fourth-order valence-corrected chi connectivity index (χ4v) is 6.21. The molecule has 0 aromatic heterocycles. The van der Waals surface area contributed by atoms with Crippen LogP contribution in [0.2, 0.25) is 0 Å². The minimum Gasteiger partial charge on any atom is -0.373 e. The summed E-state index contributed by atoms with van der Waals surface area (Å²) >= 11 is 0. The predicted molar refractivity (Wildman–Crippen MR) is 117 cm³/mol. The number of nitrogens with zero attached hydrogens (tertiary/aromatic N) is 3. The van der Waals surface area contributed by atoms with Gasteiger partial charge in [0.15, 0.2) is 0 Å². The molecule has 3 atom stereocenters. The summed E-state index contributed by atoms with van der Waals surface area (Å²) in [5.74, 6) is -1.13. The molecule has 0 N–H and O–H groups in total. The lowest BCUT2D eigenvalue weighted by molar-refractivity contribution is -0.0715. The molecule has 3 unspecified atom stereocenters. The fraction of sp³-hybridized carbons (Fsp3) is 0.682. The zero-order valence-corrected chi connectivity index (χ0v) is 19.7. The van der Waals surface area contributed by atoms with E-state index in [-0.39, 0.29) is 28.7 Å². The van der Waals surface area contributed by atoms with Crippen molar-refractivity contribution in [3.8, 4) is 0 Å². The van der Waals surface area contributed by atoms with E-state index >= 15 is 0 Å². The van der Waals surface area contributed by atoms with Crippen LogP contribution in [0.4, 0.5) is 4.39 Å². The predicted octanol–water partition coefficient (Wildman–Crippen LogP) is 2.57. The van der Waals surface area contributed by atoms with E-state index in [1.165, 1.54) is 16.4 Å². The molecule has 0 aliphatic carbocycles. The zero-order chi connectivity index (χ0) is 22.8. The molecule has 2 saturated heterocycles. The number of hydrogen-bond acceptors (Lipinski definition) is 5. The van der Waals surface area contributed by atoms with Gasteiger partial charge >= 0.3 is 0 Å². The molecule has 2 aliphatic rings. The molecule has 2 heterocycles. The molecule has 2 aliphatic heterocycles. The van der Waals surface area contributed by atoms with E-state index in [0.29, 0.717) is 26.2 Å². The first-order chi connectivity index (χ1) is 14.7. The van der Waals surface area contributed by atoms with Crippen LogP contribution in [-0.4, -0.2) is 85.9 Å². The second-order valence-electron chi connectivity index (χ2n) is 8.50. The largest absolute Gasteiger partial charge is 0.373 e. The number of morpholine rings is 1. The monoisotopic (exact) mass is 455 g/mol. The van der Waals surface area contributed by atoms with Crippen molar-refractivity contribution in [1.82, 2.24) is 14.1 Å². The van der Waals surface area contributed by atoms with Crippen molar-refractivity contribution in [1.29, 1.82) is 0 Å². The number of halogens is 1. The van der Waals surface area contributed by atoms with Crippen molar-refractivity contribution in [2.24, 2.45) is 0 Å². The topological polar surface area (TPSA) is 70.2 Å². The van der Waals surface area contributed by atoms with E-state index in [1.54, 1.807) is 18.7 Å². The van der Waals surface area contributed by atoms with Crippen molar-refractivity contribution in [2.45, 2.75) is 63.7 Å². The molecule has 174 valence electrons. The van der Waals surface area contributed by atoms with Gasteiger partial charge in [0.1, 0.15) is 5.82 Å². The van der Waals surface area contributed by atoms with Crippen molar-refractivity contribution in [2.75, 3.05) is 39.3 Å². The smallest absolute Gasteiger partial charge is 0.257 e. The third-order valence-corrected chi connectivity index (χ3v) is 8.16. The van der Waals surface area contributed by atoms with Gasteiger partial charge in [0.25, 0.3) is 5.91 Å². The SMILES string of the molecule is CCN(CC)S(=O)(=O)c1ccc(F)c(C(=O)N2CCCC2CN2CC(C)OC(C)C2)c1. The molecule has 3 rings (SSSR count). The van der Waals surface area contributed by atoms with Crippen LogP contribution in [0.15, 0.2) is 23.1 Å². The van der Waals surface area contributed by atoms with Gasteiger partial charge in [0.05, 0.1) is 22.7 Å². The molecule has 7 nitrogen and oxygen atoms in total. The normalized spacial score (nSPS) is 25.4. The Kier molecular flexibility index (Phi) is 7.72. The Labute approximate surface area is 185 Å². The number of ether oxygens (including phenoxy) is 1. The van der Waals surface area contributed by atoms with Crippen LogP contribution in [0.1, 0.15) is 50.9 Å². The maximum absolute atomic E-state index is 14.6. The quantitative estimate of drug-likeness (QED) is 0.632. The second-order valence-corrected chi connectivity index (χ2v) is 10.4. The number of amides is 1. The Morgan fingerprint density at radius 1 is 1.19 bits per heavy atom. The van der Waals surface area contributed by atoms with Crippen molar-refractivity contribution in [3.63, 3.8) is 0 Å². The number of benzene rings is 1. The average Bonchev–Trinajstić information content (AvgIpc) is 3.15. The number of rotatable bonds is 7. The summed E-state index contributed by atoms with van der Waals surface area (Å²) in [6.45, 7) is 11.1. The van der Waals surface area contributed by atoms with Crippen LogP contribution in [0.3, 0.4) is 0 Å². The first-order valence-electron chi connectivity index (χ1n) is 11.2. The van der Waals surface area contributed by atoms with Gasteiger partial charge in [-0.1, -0.05) is 13.8 Å². The van der Waals surface area contributed by atoms with E-state index in [9.17, 15) is 17.6 Å². The number of likely N-dealkylation sites (tertiary alicyclic amines) is 1. The molecule has 9 heteroatoms. The molecule has 1 aromatic carbocycles. The highest BCUT2D eigenvalue weighted by molar-refractivity contribution is 7.89. The second kappa shape index (κ2) is 9.94. The standard InChI is InChI=1S/C22H34FN3O4S/c1-5-25(6-2)31(28,29)19-9-10-21(23)20(12-19)22(27)26-11-7-8-18(26)15-24-13-16(3)30-17(4)14-24/h9-10,12,16-18H,5-8,11,13-15H2,1-4H3. The average molecular weight is 456 g/mol. The number of carbonyl (C=O) groups excluding carboxylic acids is 1. The van der Waals surface area contributed by atoms with Crippen LogP contribution in [0, 0.1) is 5.82 Å². The van der Waals surface area contributed by atoms with Crippen molar-refractivity contribution < 1.29 is 22.3 Å². The Balaban J connectivity index is 1.81. The first-order valence-corrected chi connectivity index (χ1v) is 12.6. The van der Waals surface area contributed by atoms with E-state index in [2.05, 4.69) is 4.90 Å². The fourth-order valence-electron chi connectivity index (χ4n) is 4.72. The van der Waals surface area contributed by atoms with E-state index in [4.69, 9.17) is 4.74 Å². The van der Waals surface area contributed by atoms with Crippen LogP contribution in [0.25, 0.3) is 0 Å². The molecule has 2 fully saturated rings. The van der Waals surface area contributed by atoms with Gasteiger partial charge in [-0.15, -0.1) is 0 Å². The highest BCUT2D eigenvalue weighted by atomic mass is 32.2. The summed E-state index contributed by atoms with van der Waals surface area (Å²) in [6, 6.07) is 3.49. The van der Waals surface area contributed by atoms with Crippen molar-refractivity contribution >= 4 is 15.9 Å². The Morgan fingerprint density at radius 3 is 2.45 bits per heavy atom. The van der Waals surface area contributed by atoms with E-state index in [1.807, 2.05) is 13.8 Å². The maximum Gasteiger partial charge on any atom is 0.257 e. The summed E-state index contributed by atoms with van der Waals surface area (Å²) in [7, 11) is -3.77. The minimum atomic E-state index is -3.77. The third kappa shape index (κ3) is 5.27. The molecule has 0 bridgehead atoms. The Morgan fingerprint density at radius 2 is 1.84 bits per heavy atom. The molecule has 1 amide bonds. The zero-order valence-electron chi connectivity index (χ0n) is 18.9. The summed E-state index contributed by atoms with van der Waals surface area (Å²) in [4.78, 5) is 17.2. The van der Waals surface area contributed by atoms with Crippen LogP contribution < -0.4 is 0 Å². The number of carbonyl (C=O) groups is 1. The number of hydrogen-bond donors (Lipinski definition) is 0. The van der Waals surface area contributed by atoms with Crippen molar-refractivity contribution in [3.05, 3.63) is 29.6 Å². The summed E-state index contributed by atoms with van der Waals surface area (Å²) in [5, 5.41) is 0. The highest BCUT2D eigenvalue weighted by Gasteiger charge is 2.34. The molecular weight excluding hydrogens is 421 g/mol. The third-order valence-electron chi connectivity index (χ3n) is 6.11. The van der Waals surface area contributed by atoms with Gasteiger partial charge in [-0.25, -0.2) is 12.8 Å². The summed E-state index contributed by atoms with van der Waals surface area (Å²) in [6.07, 6.45) is 1.97. The van der Waals surface area contributed by atoms with E-state index in [0.717, 1.165) is 32.0 Å². The molecule has 31 heavy (non-hydrogen) atoms. The number of sulfonamides is 1. The lowest BCUT2D eigenvalue weighted by Gasteiger charge is -2.38. The van der Waals surface area contributed by atoms with Gasteiger partial charge in [0, 0.05) is 45.3 Å². The lowest BCUT2D eigenvalue weighted by atomic mass is 10.1. The molecule has 1 aromatic rings. The van der Waals surface area contributed by atoms with Gasteiger partial charge in [-0.05, 0) is 44.9 Å². The minimum absolute atomic E-state index is 0.0209. The highest BCUT2D eigenvalue weighted by Crippen LogP contribution is 2.26.